The molecule has 0 N–H and O–H groups in total. The number of aromatic nitrogens is 3. The summed E-state index contributed by atoms with van der Waals surface area (Å²) in [6.45, 7) is 0. The number of ether oxygens (including phenoxy) is 1. The number of hydrogen-bond acceptors (Lipinski definition) is 5. The molecule has 0 aromatic carbocycles. The Morgan fingerprint density at radius 2 is 2.12 bits per heavy atom. The average Bonchev–Trinajstić information content (AvgIpc) is 2.39. The number of methoxy groups -OCH3 is 1. The van der Waals surface area contributed by atoms with Gasteiger partial charge >= 0.3 is 0 Å². The van der Waals surface area contributed by atoms with E-state index in [9.17, 15) is 4.79 Å². The lowest BCUT2D eigenvalue weighted by atomic mass is 10.1. The Bertz CT molecular complexity index is 500. The van der Waals surface area contributed by atoms with Gasteiger partial charge in [-0.25, -0.2) is 4.98 Å². The Morgan fingerprint density at radius 3 is 2.81 bits per heavy atom. The predicted octanol–water partition coefficient (Wildman–Crippen LogP) is 1.11. The number of carbonyl (C=O) groups excluding carboxylic acids is 1. The molecule has 5 heteroatoms. The van der Waals surface area contributed by atoms with Gasteiger partial charge in [0, 0.05) is 11.8 Å². The molecule has 2 aromatic rings. The normalized spacial score (nSPS) is 9.81. The molecule has 2 heterocycles. The van der Waals surface area contributed by atoms with Crippen LogP contribution < -0.4 is 4.74 Å². The molecule has 0 spiro atoms. The summed E-state index contributed by atoms with van der Waals surface area (Å²) in [6.07, 6.45) is 4.41. The van der Waals surface area contributed by atoms with Crippen molar-refractivity contribution in [1.82, 2.24) is 15.2 Å². The average molecular weight is 215 g/mol. The minimum atomic E-state index is -0.229. The van der Waals surface area contributed by atoms with Crippen LogP contribution >= 0.6 is 0 Å². The monoisotopic (exact) mass is 215 g/mol. The van der Waals surface area contributed by atoms with Crippen LogP contribution in [0.5, 0.6) is 5.75 Å². The van der Waals surface area contributed by atoms with Crippen LogP contribution in [0.25, 0.3) is 0 Å². The molecule has 2 rings (SSSR count). The van der Waals surface area contributed by atoms with Crippen molar-refractivity contribution in [1.29, 1.82) is 0 Å². The molecule has 5 nitrogen and oxygen atoms in total. The Morgan fingerprint density at radius 1 is 1.25 bits per heavy atom. The number of ketones is 1. The molecular weight excluding hydrogens is 206 g/mol. The third-order valence-electron chi connectivity index (χ3n) is 2.05. The van der Waals surface area contributed by atoms with Gasteiger partial charge in [0.2, 0.25) is 5.78 Å². The second kappa shape index (κ2) is 4.48. The van der Waals surface area contributed by atoms with Gasteiger partial charge in [-0.15, -0.1) is 0 Å². The molecule has 0 saturated heterocycles. The highest BCUT2D eigenvalue weighted by Crippen LogP contribution is 2.17. The van der Waals surface area contributed by atoms with Gasteiger partial charge in [-0.3, -0.25) is 4.79 Å². The third kappa shape index (κ3) is 1.88. The van der Waals surface area contributed by atoms with E-state index in [1.54, 1.807) is 24.4 Å². The van der Waals surface area contributed by atoms with E-state index in [2.05, 4.69) is 15.2 Å². The van der Waals surface area contributed by atoms with E-state index >= 15 is 0 Å². The highest BCUT2D eigenvalue weighted by atomic mass is 16.5. The zero-order chi connectivity index (χ0) is 11.4. The van der Waals surface area contributed by atoms with Crippen LogP contribution in [0, 0.1) is 0 Å². The van der Waals surface area contributed by atoms with Gasteiger partial charge in [0.05, 0.1) is 19.5 Å². The molecule has 0 amide bonds. The first-order valence-corrected chi connectivity index (χ1v) is 4.63. The van der Waals surface area contributed by atoms with E-state index in [4.69, 9.17) is 4.74 Å². The van der Waals surface area contributed by atoms with Gasteiger partial charge in [-0.1, -0.05) is 0 Å². The smallest absolute Gasteiger partial charge is 0.216 e. The Kier molecular flexibility index (Phi) is 2.86. The summed E-state index contributed by atoms with van der Waals surface area (Å²) in [7, 11) is 1.50. The molecule has 0 radical (unpaired) electrons. The fraction of sp³-hybridized carbons (Fsp3) is 0.0909. The maximum Gasteiger partial charge on any atom is 0.216 e. The molecule has 16 heavy (non-hydrogen) atoms. The summed E-state index contributed by atoms with van der Waals surface area (Å²) in [5.41, 5.74) is 0.713. The number of nitrogens with zero attached hydrogens (tertiary/aromatic N) is 3. The number of rotatable bonds is 3. The van der Waals surface area contributed by atoms with Gasteiger partial charge in [-0.2, -0.15) is 10.2 Å². The molecule has 0 aliphatic heterocycles. The molecule has 0 bridgehead atoms. The molecule has 0 atom stereocenters. The van der Waals surface area contributed by atoms with Crippen LogP contribution in [0.2, 0.25) is 0 Å². The molecular formula is C11H9N3O2. The van der Waals surface area contributed by atoms with E-state index in [0.717, 1.165) is 0 Å². The SMILES string of the molecule is COc1cccnc1C(=O)c1ccnnc1. The van der Waals surface area contributed by atoms with Gasteiger partial charge in [0.1, 0.15) is 5.75 Å². The van der Waals surface area contributed by atoms with E-state index in [0.29, 0.717) is 11.3 Å². The van der Waals surface area contributed by atoms with Gasteiger partial charge in [-0.05, 0) is 18.2 Å². The van der Waals surface area contributed by atoms with Crippen molar-refractivity contribution < 1.29 is 9.53 Å². The van der Waals surface area contributed by atoms with Crippen LogP contribution in [-0.2, 0) is 0 Å². The molecule has 0 saturated carbocycles. The quantitative estimate of drug-likeness (QED) is 0.717. The summed E-state index contributed by atoms with van der Waals surface area (Å²) in [6, 6.07) is 4.98. The van der Waals surface area contributed by atoms with Crippen LogP contribution in [0.15, 0.2) is 36.8 Å². The summed E-state index contributed by atoms with van der Waals surface area (Å²) in [4.78, 5) is 16.0. The van der Waals surface area contributed by atoms with Crippen LogP contribution in [-0.4, -0.2) is 28.1 Å². The summed E-state index contributed by atoms with van der Waals surface area (Å²) >= 11 is 0. The number of hydrogen-bond donors (Lipinski definition) is 0. The summed E-state index contributed by atoms with van der Waals surface area (Å²) in [5.74, 6) is 0.219. The maximum atomic E-state index is 12.0. The molecule has 0 aliphatic rings. The Hall–Kier alpha value is -2.30. The summed E-state index contributed by atoms with van der Waals surface area (Å²) in [5, 5.41) is 7.26. The lowest BCUT2D eigenvalue weighted by Gasteiger charge is -2.05. The first-order chi connectivity index (χ1) is 7.83. The molecule has 0 unspecified atom stereocenters. The molecule has 0 fully saturated rings. The van der Waals surface area contributed by atoms with Crippen molar-refractivity contribution >= 4 is 5.78 Å². The fourth-order valence-electron chi connectivity index (χ4n) is 1.29. The van der Waals surface area contributed by atoms with Gasteiger partial charge in [0.15, 0.2) is 5.69 Å². The fourth-order valence-corrected chi connectivity index (χ4v) is 1.29. The van der Waals surface area contributed by atoms with Gasteiger partial charge < -0.3 is 4.74 Å². The van der Waals surface area contributed by atoms with Crippen molar-refractivity contribution in [3.63, 3.8) is 0 Å². The van der Waals surface area contributed by atoms with Crippen molar-refractivity contribution in [2.24, 2.45) is 0 Å². The minimum absolute atomic E-state index is 0.229. The van der Waals surface area contributed by atoms with Crippen molar-refractivity contribution in [3.8, 4) is 5.75 Å². The Balaban J connectivity index is 2.42. The van der Waals surface area contributed by atoms with Crippen molar-refractivity contribution in [3.05, 3.63) is 48.0 Å². The van der Waals surface area contributed by atoms with E-state index in [-0.39, 0.29) is 11.5 Å². The molecule has 2 aromatic heterocycles. The maximum absolute atomic E-state index is 12.0. The Labute approximate surface area is 92.1 Å². The number of pyridine rings is 1. The molecule has 80 valence electrons. The highest BCUT2D eigenvalue weighted by Gasteiger charge is 2.15. The lowest BCUT2D eigenvalue weighted by molar-refractivity contribution is 0.103. The second-order valence-electron chi connectivity index (χ2n) is 3.01. The first-order valence-electron chi connectivity index (χ1n) is 4.63. The second-order valence-corrected chi connectivity index (χ2v) is 3.01. The summed E-state index contributed by atoms with van der Waals surface area (Å²) < 4.78 is 5.07. The van der Waals surface area contributed by atoms with Crippen LogP contribution in [0.4, 0.5) is 0 Å². The number of carbonyl (C=O) groups is 1. The highest BCUT2D eigenvalue weighted by molar-refractivity contribution is 6.09. The standard InChI is InChI=1S/C11H9N3O2/c1-16-9-3-2-5-12-10(9)11(15)8-4-6-13-14-7-8/h2-7H,1H3. The minimum Gasteiger partial charge on any atom is -0.494 e. The van der Waals surface area contributed by atoms with Crippen LogP contribution in [0.1, 0.15) is 16.1 Å². The zero-order valence-electron chi connectivity index (χ0n) is 8.62. The van der Waals surface area contributed by atoms with E-state index in [1.807, 2.05) is 0 Å². The topological polar surface area (TPSA) is 65.0 Å². The largest absolute Gasteiger partial charge is 0.494 e. The van der Waals surface area contributed by atoms with Crippen molar-refractivity contribution in [2.45, 2.75) is 0 Å². The first kappa shape index (κ1) is 10.2. The van der Waals surface area contributed by atoms with Crippen molar-refractivity contribution in [2.75, 3.05) is 7.11 Å². The van der Waals surface area contributed by atoms with Crippen LogP contribution in [0.3, 0.4) is 0 Å². The third-order valence-corrected chi connectivity index (χ3v) is 2.05. The van der Waals surface area contributed by atoms with E-state index < -0.39 is 0 Å². The predicted molar refractivity (Wildman–Crippen MR) is 56.3 cm³/mol. The lowest BCUT2D eigenvalue weighted by Crippen LogP contribution is -2.06. The molecule has 0 aliphatic carbocycles. The zero-order valence-corrected chi connectivity index (χ0v) is 8.62. The van der Waals surface area contributed by atoms with Gasteiger partial charge in [0.25, 0.3) is 0 Å². The van der Waals surface area contributed by atoms with E-state index in [1.165, 1.54) is 19.5 Å².